The number of fused-ring (bicyclic) bond motifs is 1. The fraction of sp³-hybridized carbons (Fsp3) is 0.467. The van der Waals surface area contributed by atoms with Gasteiger partial charge in [0.05, 0.1) is 0 Å². The average Bonchev–Trinajstić information content (AvgIpc) is 2.86. The molecule has 1 aromatic carbocycles. The molecule has 1 aromatic rings. The summed E-state index contributed by atoms with van der Waals surface area (Å²) in [5.41, 5.74) is 1.66. The molecule has 1 fully saturated rings. The zero-order valence-electron chi connectivity index (χ0n) is 11.9. The van der Waals surface area contributed by atoms with Crippen LogP contribution in [-0.4, -0.2) is 52.1 Å². The number of anilines is 1. The second kappa shape index (κ2) is 5.60. The summed E-state index contributed by atoms with van der Waals surface area (Å²) in [5, 5.41) is 9.45. The minimum atomic E-state index is -0.946. The summed E-state index contributed by atoms with van der Waals surface area (Å²) in [4.78, 5) is 27.7. The molecule has 21 heavy (non-hydrogen) atoms. The number of hydrogen-bond donors (Lipinski definition) is 1. The number of nitrogens with zero attached hydrogens (tertiary/aromatic N) is 2. The van der Waals surface area contributed by atoms with Crippen molar-refractivity contribution in [1.29, 1.82) is 0 Å². The second-order valence-corrected chi connectivity index (χ2v) is 6.61. The smallest absolute Gasteiger partial charge is 0.327 e. The quantitative estimate of drug-likeness (QED) is 0.863. The Bertz CT molecular complexity index is 578. The lowest BCUT2D eigenvalue weighted by atomic mass is 10.1. The molecule has 2 amide bonds. The number of rotatable bonds is 1. The number of urea groups is 1. The van der Waals surface area contributed by atoms with E-state index in [1.54, 1.807) is 4.90 Å². The van der Waals surface area contributed by atoms with Crippen LogP contribution in [0.1, 0.15) is 12.5 Å². The Hall–Kier alpha value is -1.69. The summed E-state index contributed by atoms with van der Waals surface area (Å²) < 4.78 is 0. The van der Waals surface area contributed by atoms with E-state index in [0.29, 0.717) is 13.0 Å². The first kappa shape index (κ1) is 14.3. The molecule has 5 nitrogen and oxygen atoms in total. The number of carboxylic acids is 1. The molecule has 0 aliphatic carbocycles. The van der Waals surface area contributed by atoms with Crippen LogP contribution in [0.2, 0.25) is 0 Å². The Kier molecular flexibility index (Phi) is 3.80. The Balaban J connectivity index is 1.93. The summed E-state index contributed by atoms with van der Waals surface area (Å²) in [6.07, 6.45) is 0.383. The van der Waals surface area contributed by atoms with E-state index in [4.69, 9.17) is 0 Å². The first-order valence-electron chi connectivity index (χ1n) is 7.08. The molecule has 1 saturated heterocycles. The van der Waals surface area contributed by atoms with E-state index < -0.39 is 12.0 Å². The van der Waals surface area contributed by atoms with Crippen LogP contribution in [0.3, 0.4) is 0 Å². The molecule has 3 rings (SSSR count). The number of aliphatic carboxylic acids is 1. The molecule has 0 aromatic heterocycles. The van der Waals surface area contributed by atoms with Crippen LogP contribution in [-0.2, 0) is 11.2 Å². The fourth-order valence-electron chi connectivity index (χ4n) is 2.97. The van der Waals surface area contributed by atoms with Gasteiger partial charge in [-0.05, 0) is 18.6 Å². The maximum absolute atomic E-state index is 12.9. The third-order valence-electron chi connectivity index (χ3n) is 4.08. The molecule has 0 radical (unpaired) electrons. The Morgan fingerprint density at radius 2 is 2.10 bits per heavy atom. The van der Waals surface area contributed by atoms with Crippen molar-refractivity contribution in [3.8, 4) is 0 Å². The molecule has 0 saturated carbocycles. The van der Waals surface area contributed by atoms with Gasteiger partial charge in [0.25, 0.3) is 0 Å². The van der Waals surface area contributed by atoms with E-state index in [9.17, 15) is 14.7 Å². The van der Waals surface area contributed by atoms with E-state index in [0.717, 1.165) is 22.8 Å². The van der Waals surface area contributed by atoms with Crippen molar-refractivity contribution in [3.05, 3.63) is 29.8 Å². The lowest BCUT2D eigenvalue weighted by Crippen LogP contribution is -2.54. The van der Waals surface area contributed by atoms with E-state index in [1.165, 1.54) is 4.90 Å². The molecule has 0 spiro atoms. The lowest BCUT2D eigenvalue weighted by molar-refractivity contribution is -0.138. The van der Waals surface area contributed by atoms with Crippen molar-refractivity contribution < 1.29 is 14.7 Å². The SMILES string of the molecule is CC1CSCCN1C(=O)N1c2ccccc2C[C@H]1C(=O)O. The van der Waals surface area contributed by atoms with Crippen molar-refractivity contribution in [2.75, 3.05) is 23.0 Å². The van der Waals surface area contributed by atoms with Crippen LogP contribution in [0.15, 0.2) is 24.3 Å². The Morgan fingerprint density at radius 3 is 2.81 bits per heavy atom. The first-order chi connectivity index (χ1) is 10.1. The summed E-state index contributed by atoms with van der Waals surface area (Å²) >= 11 is 1.83. The van der Waals surface area contributed by atoms with Gasteiger partial charge in [0.2, 0.25) is 0 Å². The van der Waals surface area contributed by atoms with Gasteiger partial charge in [0.1, 0.15) is 6.04 Å². The van der Waals surface area contributed by atoms with Gasteiger partial charge in [-0.1, -0.05) is 18.2 Å². The molecule has 0 bridgehead atoms. The van der Waals surface area contributed by atoms with Gasteiger partial charge in [-0.2, -0.15) is 11.8 Å². The number of thioether (sulfide) groups is 1. The molecule has 1 N–H and O–H groups in total. The van der Waals surface area contributed by atoms with Crippen LogP contribution >= 0.6 is 11.8 Å². The van der Waals surface area contributed by atoms with Gasteiger partial charge in [-0.25, -0.2) is 9.59 Å². The zero-order chi connectivity index (χ0) is 15.0. The van der Waals surface area contributed by atoms with Crippen molar-refractivity contribution in [2.45, 2.75) is 25.4 Å². The van der Waals surface area contributed by atoms with Crippen LogP contribution < -0.4 is 4.90 Å². The summed E-state index contributed by atoms with van der Waals surface area (Å²) in [5.74, 6) is 0.862. The largest absolute Gasteiger partial charge is 0.480 e. The maximum Gasteiger partial charge on any atom is 0.327 e. The van der Waals surface area contributed by atoms with Crippen LogP contribution in [0.5, 0.6) is 0 Å². The predicted molar refractivity (Wildman–Crippen MR) is 82.9 cm³/mol. The topological polar surface area (TPSA) is 60.9 Å². The third kappa shape index (κ3) is 2.48. The van der Waals surface area contributed by atoms with E-state index in [2.05, 4.69) is 0 Å². The average molecular weight is 306 g/mol. The van der Waals surface area contributed by atoms with Gasteiger partial charge < -0.3 is 10.0 Å². The van der Waals surface area contributed by atoms with Crippen LogP contribution in [0.4, 0.5) is 10.5 Å². The number of carbonyl (C=O) groups excluding carboxylic acids is 1. The Labute approximate surface area is 127 Å². The van der Waals surface area contributed by atoms with Crippen molar-refractivity contribution in [1.82, 2.24) is 4.90 Å². The minimum absolute atomic E-state index is 0.137. The molecule has 2 atom stereocenters. The first-order valence-corrected chi connectivity index (χ1v) is 8.23. The van der Waals surface area contributed by atoms with Crippen molar-refractivity contribution in [3.63, 3.8) is 0 Å². The molecule has 2 aliphatic rings. The fourth-order valence-corrected chi connectivity index (χ4v) is 3.98. The molecule has 2 heterocycles. The highest BCUT2D eigenvalue weighted by Gasteiger charge is 2.41. The molecule has 6 heteroatoms. The normalized spacial score (nSPS) is 24.8. The second-order valence-electron chi connectivity index (χ2n) is 5.46. The van der Waals surface area contributed by atoms with E-state index in [-0.39, 0.29) is 12.1 Å². The van der Waals surface area contributed by atoms with Crippen LogP contribution in [0, 0.1) is 0 Å². The maximum atomic E-state index is 12.9. The number of benzene rings is 1. The number of carbonyl (C=O) groups is 2. The van der Waals surface area contributed by atoms with E-state index >= 15 is 0 Å². The number of hydrogen-bond acceptors (Lipinski definition) is 3. The van der Waals surface area contributed by atoms with Crippen LogP contribution in [0.25, 0.3) is 0 Å². The summed E-state index contributed by atoms with van der Waals surface area (Å²) in [7, 11) is 0. The lowest BCUT2D eigenvalue weighted by Gasteiger charge is -2.37. The Morgan fingerprint density at radius 1 is 1.33 bits per heavy atom. The van der Waals surface area contributed by atoms with Gasteiger partial charge >= 0.3 is 12.0 Å². The predicted octanol–water partition coefficient (Wildman–Crippen LogP) is 2.06. The monoisotopic (exact) mass is 306 g/mol. The minimum Gasteiger partial charge on any atom is -0.480 e. The standard InChI is InChI=1S/C15H18N2O3S/c1-10-9-21-7-6-16(10)15(20)17-12-5-3-2-4-11(12)8-13(17)14(18)19/h2-5,10,13H,6-9H2,1H3,(H,18,19)/t10?,13-/m0/s1. The zero-order valence-corrected chi connectivity index (χ0v) is 12.7. The highest BCUT2D eigenvalue weighted by molar-refractivity contribution is 7.99. The highest BCUT2D eigenvalue weighted by atomic mass is 32.2. The van der Waals surface area contributed by atoms with Gasteiger partial charge in [0, 0.05) is 36.2 Å². The number of amides is 2. The molecule has 1 unspecified atom stereocenters. The third-order valence-corrected chi connectivity index (χ3v) is 5.27. The molecular formula is C15H18N2O3S. The van der Waals surface area contributed by atoms with Crippen molar-refractivity contribution in [2.24, 2.45) is 0 Å². The molecule has 2 aliphatic heterocycles. The highest BCUT2D eigenvalue weighted by Crippen LogP contribution is 2.34. The van der Waals surface area contributed by atoms with Gasteiger partial charge in [-0.3, -0.25) is 4.90 Å². The van der Waals surface area contributed by atoms with E-state index in [1.807, 2.05) is 43.0 Å². The number of para-hydroxylation sites is 1. The van der Waals surface area contributed by atoms with Gasteiger partial charge in [0.15, 0.2) is 0 Å². The molecule has 112 valence electrons. The van der Waals surface area contributed by atoms with Crippen molar-refractivity contribution >= 4 is 29.4 Å². The molecular weight excluding hydrogens is 288 g/mol. The van der Waals surface area contributed by atoms with Gasteiger partial charge in [-0.15, -0.1) is 0 Å². The summed E-state index contributed by atoms with van der Waals surface area (Å²) in [6.45, 7) is 2.69. The summed E-state index contributed by atoms with van der Waals surface area (Å²) in [6, 6.07) is 6.62. The number of carboxylic acid groups (broad SMARTS) is 1.